The summed E-state index contributed by atoms with van der Waals surface area (Å²) in [6, 6.07) is 4.68. The Balaban J connectivity index is 2.36. The van der Waals surface area contributed by atoms with Gasteiger partial charge in [0.1, 0.15) is 5.82 Å². The number of carboxylic acid groups (broad SMARTS) is 1. The van der Waals surface area contributed by atoms with Crippen LogP contribution in [0, 0.1) is 5.82 Å². The largest absolute Gasteiger partial charge is 0.481 e. The van der Waals surface area contributed by atoms with Crippen molar-refractivity contribution >= 4 is 21.9 Å². The van der Waals surface area contributed by atoms with Crippen LogP contribution in [0.25, 0.3) is 0 Å². The van der Waals surface area contributed by atoms with Crippen LogP contribution < -0.4 is 0 Å². The minimum absolute atomic E-state index is 0.0143. The van der Waals surface area contributed by atoms with Gasteiger partial charge < -0.3 is 5.11 Å². The van der Waals surface area contributed by atoms with E-state index in [1.165, 1.54) is 6.07 Å². The third-order valence-electron chi connectivity index (χ3n) is 2.84. The van der Waals surface area contributed by atoms with Crippen LogP contribution in [0.2, 0.25) is 0 Å². The summed E-state index contributed by atoms with van der Waals surface area (Å²) in [6.45, 7) is 0. The molecule has 0 atom stereocenters. The first-order valence-corrected chi connectivity index (χ1v) is 5.50. The van der Waals surface area contributed by atoms with Crippen LogP contribution in [-0.4, -0.2) is 11.1 Å². The average Bonchev–Trinajstić information content (AvgIpc) is 2.89. The molecule has 1 aromatic carbocycles. The summed E-state index contributed by atoms with van der Waals surface area (Å²) in [5, 5.41) is 8.78. The normalized spacial score (nSPS) is 17.5. The van der Waals surface area contributed by atoms with Crippen LogP contribution in [0.1, 0.15) is 24.8 Å². The van der Waals surface area contributed by atoms with Gasteiger partial charge in [-0.15, -0.1) is 0 Å². The lowest BCUT2D eigenvalue weighted by atomic mass is 9.92. The fourth-order valence-electron chi connectivity index (χ4n) is 1.89. The van der Waals surface area contributed by atoms with Gasteiger partial charge in [0.2, 0.25) is 0 Å². The highest BCUT2D eigenvalue weighted by atomic mass is 79.9. The highest BCUT2D eigenvalue weighted by Gasteiger charge is 2.47. The summed E-state index contributed by atoms with van der Waals surface area (Å²) in [6.07, 6.45) is 1.53. The number of hydrogen-bond acceptors (Lipinski definition) is 1. The van der Waals surface area contributed by atoms with Crippen molar-refractivity contribution in [2.75, 3.05) is 0 Å². The molecule has 1 fully saturated rings. The summed E-state index contributed by atoms with van der Waals surface area (Å²) >= 11 is 3.27. The maximum atomic E-state index is 13.5. The predicted molar refractivity (Wildman–Crippen MR) is 57.3 cm³/mol. The molecular formula is C11H10BrFO2. The number of hydrogen-bond donors (Lipinski definition) is 1. The summed E-state index contributed by atoms with van der Waals surface area (Å²) in [4.78, 5) is 10.7. The Morgan fingerprint density at radius 2 is 2.20 bits per heavy atom. The van der Waals surface area contributed by atoms with E-state index in [0.29, 0.717) is 5.56 Å². The number of rotatable bonds is 3. The Morgan fingerprint density at radius 1 is 1.53 bits per heavy atom. The SMILES string of the molecule is O=C(O)CC1(c2cc(Br)ccc2F)CC1. The van der Waals surface area contributed by atoms with E-state index in [9.17, 15) is 9.18 Å². The van der Waals surface area contributed by atoms with Crippen molar-refractivity contribution in [2.24, 2.45) is 0 Å². The number of halogens is 2. The van der Waals surface area contributed by atoms with E-state index in [1.54, 1.807) is 12.1 Å². The van der Waals surface area contributed by atoms with Crippen molar-refractivity contribution in [3.05, 3.63) is 34.1 Å². The Hall–Kier alpha value is -0.900. The van der Waals surface area contributed by atoms with Gasteiger partial charge in [0.15, 0.2) is 0 Å². The quantitative estimate of drug-likeness (QED) is 0.918. The zero-order valence-electron chi connectivity index (χ0n) is 7.96. The third-order valence-corrected chi connectivity index (χ3v) is 3.34. The number of carbonyl (C=O) groups is 1. The molecule has 0 aromatic heterocycles. The molecule has 0 bridgehead atoms. The Kier molecular flexibility index (Phi) is 2.54. The molecule has 1 aliphatic carbocycles. The van der Waals surface area contributed by atoms with Gasteiger partial charge in [0, 0.05) is 9.89 Å². The summed E-state index contributed by atoms with van der Waals surface area (Å²) in [5.41, 5.74) is 0.0685. The Bertz CT molecular complexity index is 413. The minimum Gasteiger partial charge on any atom is -0.481 e. The maximum Gasteiger partial charge on any atom is 0.304 e. The molecule has 2 rings (SSSR count). The smallest absolute Gasteiger partial charge is 0.304 e. The van der Waals surface area contributed by atoms with Gasteiger partial charge >= 0.3 is 5.97 Å². The molecule has 0 heterocycles. The molecule has 0 aliphatic heterocycles. The lowest BCUT2D eigenvalue weighted by Gasteiger charge is -2.14. The molecule has 2 nitrogen and oxygen atoms in total. The molecule has 0 saturated heterocycles. The zero-order chi connectivity index (χ0) is 11.1. The Labute approximate surface area is 95.2 Å². The van der Waals surface area contributed by atoms with E-state index in [0.717, 1.165) is 17.3 Å². The van der Waals surface area contributed by atoms with Crippen LogP contribution in [0.4, 0.5) is 4.39 Å². The fourth-order valence-corrected chi connectivity index (χ4v) is 2.25. The molecule has 15 heavy (non-hydrogen) atoms. The molecule has 0 unspecified atom stereocenters. The standard InChI is InChI=1S/C11H10BrFO2/c12-7-1-2-9(13)8(5-7)11(3-4-11)6-10(14)15/h1-2,5H,3-4,6H2,(H,14,15). The molecule has 80 valence electrons. The molecule has 1 aliphatic rings. The summed E-state index contributed by atoms with van der Waals surface area (Å²) < 4.78 is 14.3. The molecule has 0 amide bonds. The molecule has 4 heteroatoms. The number of carboxylic acids is 1. The predicted octanol–water partition coefficient (Wildman–Crippen LogP) is 3.09. The van der Waals surface area contributed by atoms with E-state index in [4.69, 9.17) is 5.11 Å². The van der Waals surface area contributed by atoms with E-state index in [2.05, 4.69) is 15.9 Å². The molecule has 0 radical (unpaired) electrons. The highest BCUT2D eigenvalue weighted by molar-refractivity contribution is 9.10. The second kappa shape index (κ2) is 3.59. The van der Waals surface area contributed by atoms with E-state index >= 15 is 0 Å². The van der Waals surface area contributed by atoms with Crippen LogP contribution in [0.3, 0.4) is 0 Å². The van der Waals surface area contributed by atoms with Crippen molar-refractivity contribution in [3.8, 4) is 0 Å². The van der Waals surface area contributed by atoms with Gasteiger partial charge in [-0.25, -0.2) is 4.39 Å². The van der Waals surface area contributed by atoms with Gasteiger partial charge in [-0.2, -0.15) is 0 Å². The molecule has 0 spiro atoms. The van der Waals surface area contributed by atoms with Gasteiger partial charge in [-0.1, -0.05) is 15.9 Å². The Morgan fingerprint density at radius 3 is 2.73 bits per heavy atom. The van der Waals surface area contributed by atoms with Gasteiger partial charge in [0.25, 0.3) is 0 Å². The van der Waals surface area contributed by atoms with Crippen LogP contribution >= 0.6 is 15.9 Å². The first kappa shape index (κ1) is 10.6. The third kappa shape index (κ3) is 2.04. The topological polar surface area (TPSA) is 37.3 Å². The summed E-state index contributed by atoms with van der Waals surface area (Å²) in [5.74, 6) is -1.18. The lowest BCUT2D eigenvalue weighted by molar-refractivity contribution is -0.137. The van der Waals surface area contributed by atoms with Crippen LogP contribution in [-0.2, 0) is 10.2 Å². The zero-order valence-corrected chi connectivity index (χ0v) is 9.55. The maximum absolute atomic E-state index is 13.5. The lowest BCUT2D eigenvalue weighted by Crippen LogP contribution is -2.14. The number of aliphatic carboxylic acids is 1. The summed E-state index contributed by atoms with van der Waals surface area (Å²) in [7, 11) is 0. The first-order chi connectivity index (χ1) is 7.03. The second-order valence-corrected chi connectivity index (χ2v) is 4.89. The second-order valence-electron chi connectivity index (χ2n) is 3.98. The van der Waals surface area contributed by atoms with E-state index in [1.807, 2.05) is 0 Å². The van der Waals surface area contributed by atoms with Gasteiger partial charge in [-0.05, 0) is 36.6 Å². The minimum atomic E-state index is -0.869. The van der Waals surface area contributed by atoms with Crippen molar-refractivity contribution in [1.82, 2.24) is 0 Å². The van der Waals surface area contributed by atoms with E-state index in [-0.39, 0.29) is 12.2 Å². The van der Waals surface area contributed by atoms with Gasteiger partial charge in [0.05, 0.1) is 6.42 Å². The van der Waals surface area contributed by atoms with Crippen molar-refractivity contribution < 1.29 is 14.3 Å². The van der Waals surface area contributed by atoms with Crippen LogP contribution in [0.5, 0.6) is 0 Å². The van der Waals surface area contributed by atoms with Crippen molar-refractivity contribution in [1.29, 1.82) is 0 Å². The molecule has 1 saturated carbocycles. The average molecular weight is 273 g/mol. The highest BCUT2D eigenvalue weighted by Crippen LogP contribution is 2.52. The monoisotopic (exact) mass is 272 g/mol. The van der Waals surface area contributed by atoms with Gasteiger partial charge in [-0.3, -0.25) is 4.79 Å². The van der Waals surface area contributed by atoms with Crippen molar-refractivity contribution in [2.45, 2.75) is 24.7 Å². The van der Waals surface area contributed by atoms with Crippen LogP contribution in [0.15, 0.2) is 22.7 Å². The number of benzene rings is 1. The van der Waals surface area contributed by atoms with Crippen molar-refractivity contribution in [3.63, 3.8) is 0 Å². The molecular weight excluding hydrogens is 263 g/mol. The molecule has 1 N–H and O–H groups in total. The first-order valence-electron chi connectivity index (χ1n) is 4.71. The van der Waals surface area contributed by atoms with E-state index < -0.39 is 11.4 Å². The fraction of sp³-hybridized carbons (Fsp3) is 0.364. The molecule has 1 aromatic rings.